The van der Waals surface area contributed by atoms with E-state index in [0.29, 0.717) is 5.69 Å². The minimum Gasteiger partial charge on any atom is -0.273 e. The Morgan fingerprint density at radius 3 is 2.29 bits per heavy atom. The first-order valence-corrected chi connectivity index (χ1v) is 10.0. The summed E-state index contributed by atoms with van der Waals surface area (Å²) in [4.78, 5) is 34.9. The van der Waals surface area contributed by atoms with Crippen molar-refractivity contribution in [2.24, 2.45) is 5.92 Å². The standard InChI is InChI=1S/C22H18N2O3S/c1-14-9-11-15(12-10-14)23-21(25)18-19(17-8-5-13-28-17)24(27-20(18)22(23)26)16-6-3-2-4-7-16/h2-13,18-20H,1H3/t18-,19+,20+/m0/s1. The third kappa shape index (κ3) is 2.57. The van der Waals surface area contributed by atoms with E-state index in [1.54, 1.807) is 28.5 Å². The summed E-state index contributed by atoms with van der Waals surface area (Å²) in [5.41, 5.74) is 2.50. The van der Waals surface area contributed by atoms with E-state index in [4.69, 9.17) is 4.84 Å². The van der Waals surface area contributed by atoms with Crippen LogP contribution < -0.4 is 9.96 Å². The van der Waals surface area contributed by atoms with Crippen LogP contribution in [-0.4, -0.2) is 17.9 Å². The van der Waals surface area contributed by atoms with Crippen molar-refractivity contribution < 1.29 is 14.4 Å². The molecule has 5 rings (SSSR count). The molecule has 3 atom stereocenters. The van der Waals surface area contributed by atoms with Crippen molar-refractivity contribution >= 4 is 34.5 Å². The Hall–Kier alpha value is -2.96. The molecule has 2 fully saturated rings. The van der Waals surface area contributed by atoms with Crippen LogP contribution in [0.4, 0.5) is 11.4 Å². The lowest BCUT2D eigenvalue weighted by Gasteiger charge is -2.27. The number of benzene rings is 2. The van der Waals surface area contributed by atoms with Crippen molar-refractivity contribution in [3.05, 3.63) is 82.6 Å². The summed E-state index contributed by atoms with van der Waals surface area (Å²) in [6.45, 7) is 1.97. The smallest absolute Gasteiger partial charge is 0.266 e. The second-order valence-corrected chi connectivity index (χ2v) is 8.00. The van der Waals surface area contributed by atoms with Gasteiger partial charge >= 0.3 is 0 Å². The molecule has 6 heteroatoms. The van der Waals surface area contributed by atoms with Crippen molar-refractivity contribution in [2.75, 3.05) is 9.96 Å². The van der Waals surface area contributed by atoms with Crippen LogP contribution in [0.5, 0.6) is 0 Å². The molecule has 28 heavy (non-hydrogen) atoms. The fourth-order valence-electron chi connectivity index (χ4n) is 3.91. The molecule has 2 aliphatic heterocycles. The molecule has 1 aromatic heterocycles. The molecule has 140 valence electrons. The van der Waals surface area contributed by atoms with Gasteiger partial charge in [0.15, 0.2) is 6.10 Å². The summed E-state index contributed by atoms with van der Waals surface area (Å²) >= 11 is 1.57. The number of carbonyl (C=O) groups excluding carboxylic acids is 2. The molecule has 0 unspecified atom stereocenters. The van der Waals surface area contributed by atoms with Crippen molar-refractivity contribution in [2.45, 2.75) is 19.1 Å². The molecule has 0 aliphatic carbocycles. The van der Waals surface area contributed by atoms with E-state index in [9.17, 15) is 9.59 Å². The molecule has 0 N–H and O–H groups in total. The Balaban J connectivity index is 1.56. The number of hydrogen-bond donors (Lipinski definition) is 0. The van der Waals surface area contributed by atoms with Crippen LogP contribution in [0.2, 0.25) is 0 Å². The van der Waals surface area contributed by atoms with E-state index >= 15 is 0 Å². The lowest BCUT2D eigenvalue weighted by atomic mass is 9.95. The van der Waals surface area contributed by atoms with E-state index in [-0.39, 0.29) is 17.9 Å². The van der Waals surface area contributed by atoms with E-state index in [1.165, 1.54) is 4.90 Å². The zero-order valence-corrected chi connectivity index (χ0v) is 16.0. The van der Waals surface area contributed by atoms with Crippen LogP contribution in [0.1, 0.15) is 16.5 Å². The Labute approximate surface area is 166 Å². The number of imide groups is 1. The largest absolute Gasteiger partial charge is 0.273 e. The predicted octanol–water partition coefficient (Wildman–Crippen LogP) is 4.11. The van der Waals surface area contributed by atoms with Crippen LogP contribution >= 0.6 is 11.3 Å². The third-order valence-electron chi connectivity index (χ3n) is 5.25. The van der Waals surface area contributed by atoms with Gasteiger partial charge < -0.3 is 0 Å². The average Bonchev–Trinajstić information content (AvgIpc) is 3.42. The number of anilines is 2. The normalized spacial score (nSPS) is 24.1. The van der Waals surface area contributed by atoms with Crippen molar-refractivity contribution in [3.8, 4) is 0 Å². The molecule has 0 spiro atoms. The molecule has 0 radical (unpaired) electrons. The van der Waals surface area contributed by atoms with Gasteiger partial charge in [0.05, 0.1) is 11.4 Å². The number of thiophene rings is 1. The maximum atomic E-state index is 13.4. The van der Waals surface area contributed by atoms with Gasteiger partial charge in [0.2, 0.25) is 5.91 Å². The van der Waals surface area contributed by atoms with Gasteiger partial charge in [-0.1, -0.05) is 42.0 Å². The van der Waals surface area contributed by atoms with Crippen molar-refractivity contribution in [1.82, 2.24) is 0 Å². The Bertz CT molecular complexity index is 1020. The number of hydrogen-bond acceptors (Lipinski definition) is 5. The average molecular weight is 390 g/mol. The third-order valence-corrected chi connectivity index (χ3v) is 6.20. The highest BCUT2D eigenvalue weighted by molar-refractivity contribution is 7.10. The number of carbonyl (C=O) groups is 2. The van der Waals surface area contributed by atoms with Crippen LogP contribution in [0.3, 0.4) is 0 Å². The first-order chi connectivity index (χ1) is 13.6. The summed E-state index contributed by atoms with van der Waals surface area (Å²) in [6.07, 6.45) is -0.818. The van der Waals surface area contributed by atoms with Gasteiger partial charge in [-0.05, 0) is 42.6 Å². The van der Waals surface area contributed by atoms with Gasteiger partial charge in [0, 0.05) is 4.88 Å². The van der Waals surface area contributed by atoms with Gasteiger partial charge in [-0.2, -0.15) is 0 Å². The van der Waals surface area contributed by atoms with E-state index in [0.717, 1.165) is 16.1 Å². The van der Waals surface area contributed by atoms with Crippen molar-refractivity contribution in [1.29, 1.82) is 0 Å². The number of aryl methyl sites for hydroxylation is 1. The summed E-state index contributed by atoms with van der Waals surface area (Å²) < 4.78 is 0. The maximum absolute atomic E-state index is 13.4. The van der Waals surface area contributed by atoms with Crippen LogP contribution in [0.15, 0.2) is 72.1 Å². The number of hydroxylamine groups is 1. The van der Waals surface area contributed by atoms with Gasteiger partial charge in [-0.3, -0.25) is 14.4 Å². The molecule has 3 heterocycles. The highest BCUT2D eigenvalue weighted by Gasteiger charge is 2.60. The number of nitrogens with zero attached hydrogens (tertiary/aromatic N) is 2. The lowest BCUT2D eigenvalue weighted by Crippen LogP contribution is -2.37. The van der Waals surface area contributed by atoms with Gasteiger partial charge in [-0.15, -0.1) is 11.3 Å². The minimum atomic E-state index is -0.818. The Kier molecular flexibility index (Phi) is 4.03. The fourth-order valence-corrected chi connectivity index (χ4v) is 4.76. The molecule has 5 nitrogen and oxygen atoms in total. The number of amides is 2. The molecule has 2 saturated heterocycles. The second kappa shape index (κ2) is 6.58. The number of rotatable bonds is 3. The SMILES string of the molecule is Cc1ccc(N2C(=O)[C@H]3[C@@H](c4cccs4)N(c4ccccc4)O[C@H]3C2=O)cc1. The molecule has 0 saturated carbocycles. The van der Waals surface area contributed by atoms with E-state index < -0.39 is 12.0 Å². The molecule has 2 aromatic carbocycles. The molecule has 2 amide bonds. The molecule has 3 aromatic rings. The number of para-hydroxylation sites is 1. The highest BCUT2D eigenvalue weighted by Crippen LogP contribution is 2.48. The number of fused-ring (bicyclic) bond motifs is 1. The quantitative estimate of drug-likeness (QED) is 0.632. The van der Waals surface area contributed by atoms with Crippen LogP contribution in [-0.2, 0) is 14.4 Å². The van der Waals surface area contributed by atoms with Crippen LogP contribution in [0.25, 0.3) is 0 Å². The van der Waals surface area contributed by atoms with E-state index in [2.05, 4.69) is 0 Å². The topological polar surface area (TPSA) is 49.9 Å². The molecule has 0 bridgehead atoms. The minimum absolute atomic E-state index is 0.212. The fraction of sp³-hybridized carbons (Fsp3) is 0.182. The summed E-state index contributed by atoms with van der Waals surface area (Å²) in [6, 6.07) is 20.6. The van der Waals surface area contributed by atoms with Gasteiger partial charge in [0.1, 0.15) is 12.0 Å². The lowest BCUT2D eigenvalue weighted by molar-refractivity contribution is -0.126. The zero-order valence-electron chi connectivity index (χ0n) is 15.2. The molecular formula is C22H18N2O3S. The molecule has 2 aliphatic rings. The first-order valence-electron chi connectivity index (χ1n) is 9.14. The van der Waals surface area contributed by atoms with Gasteiger partial charge in [0.25, 0.3) is 5.91 Å². The summed E-state index contributed by atoms with van der Waals surface area (Å²) in [5, 5.41) is 3.70. The maximum Gasteiger partial charge on any atom is 0.266 e. The first kappa shape index (κ1) is 17.2. The van der Waals surface area contributed by atoms with Crippen molar-refractivity contribution in [3.63, 3.8) is 0 Å². The summed E-state index contributed by atoms with van der Waals surface area (Å²) in [7, 11) is 0. The summed E-state index contributed by atoms with van der Waals surface area (Å²) in [5.74, 6) is -1.10. The zero-order chi connectivity index (χ0) is 19.3. The highest BCUT2D eigenvalue weighted by atomic mass is 32.1. The molecular weight excluding hydrogens is 372 g/mol. The van der Waals surface area contributed by atoms with Gasteiger partial charge in [-0.25, -0.2) is 9.96 Å². The monoisotopic (exact) mass is 390 g/mol. The van der Waals surface area contributed by atoms with E-state index in [1.807, 2.05) is 66.9 Å². The van der Waals surface area contributed by atoms with Crippen LogP contribution in [0, 0.1) is 12.8 Å². The Morgan fingerprint density at radius 1 is 0.857 bits per heavy atom. The predicted molar refractivity (Wildman–Crippen MR) is 108 cm³/mol. The second-order valence-electron chi connectivity index (χ2n) is 7.02. The Morgan fingerprint density at radius 2 is 1.61 bits per heavy atom.